The molecule has 1 amide bonds. The van der Waals surface area contributed by atoms with E-state index in [9.17, 15) is 9.59 Å². The van der Waals surface area contributed by atoms with Gasteiger partial charge in [-0.1, -0.05) is 37.9 Å². The molecule has 1 fully saturated rings. The fourth-order valence-corrected chi connectivity index (χ4v) is 6.03. The van der Waals surface area contributed by atoms with Gasteiger partial charge in [-0.05, 0) is 75.6 Å². The molecular formula is C34H34ClFN6O2. The van der Waals surface area contributed by atoms with Crippen LogP contribution in [0.2, 0.25) is 5.02 Å². The van der Waals surface area contributed by atoms with Crippen LogP contribution in [0.3, 0.4) is 0 Å². The highest BCUT2D eigenvalue weighted by molar-refractivity contribution is 6.34. The van der Waals surface area contributed by atoms with Crippen LogP contribution in [0.5, 0.6) is 0 Å². The molecule has 0 spiro atoms. The molecule has 4 heterocycles. The lowest BCUT2D eigenvalue weighted by Gasteiger charge is -2.44. The molecule has 226 valence electrons. The number of carbonyl (C=O) groups excluding carboxylic acids is 1. The minimum absolute atomic E-state index is 0.0172. The fourth-order valence-electron chi connectivity index (χ4n) is 5.77. The Morgan fingerprint density at radius 2 is 1.91 bits per heavy atom. The predicted octanol–water partition coefficient (Wildman–Crippen LogP) is 6.05. The van der Waals surface area contributed by atoms with E-state index in [-0.39, 0.29) is 45.8 Å². The van der Waals surface area contributed by atoms with E-state index in [1.807, 2.05) is 45.6 Å². The van der Waals surface area contributed by atoms with Crippen LogP contribution >= 0.6 is 11.6 Å². The Bertz CT molecular complexity index is 1930. The topological polar surface area (TPSA) is 84.2 Å². The highest BCUT2D eigenvalue weighted by atomic mass is 35.5. The summed E-state index contributed by atoms with van der Waals surface area (Å²) >= 11 is 6.87. The molecule has 1 aliphatic heterocycles. The van der Waals surface area contributed by atoms with Crippen LogP contribution in [0.4, 0.5) is 10.2 Å². The van der Waals surface area contributed by atoms with Gasteiger partial charge in [0.1, 0.15) is 11.6 Å². The Balaban J connectivity index is 1.84. The molecule has 5 rings (SSSR count). The Kier molecular flexibility index (Phi) is 8.57. The second-order valence-corrected chi connectivity index (χ2v) is 11.8. The van der Waals surface area contributed by atoms with Crippen molar-refractivity contribution in [3.8, 4) is 28.8 Å². The molecule has 10 heteroatoms. The monoisotopic (exact) mass is 612 g/mol. The van der Waals surface area contributed by atoms with Gasteiger partial charge in [-0.15, -0.1) is 5.92 Å². The number of aryl methyl sites for hydroxylation is 1. The van der Waals surface area contributed by atoms with Gasteiger partial charge in [-0.2, -0.15) is 4.98 Å². The Labute approximate surface area is 261 Å². The SMILES string of the molecule is C=CC(=O)N1C[C@H](C)N(c2nc(=O)n(-c3c(C)ccnc3C(C)C)c3nc(-c4cc(C#CC)ccc4F)c(Cl)cc23)C[C@H]1C. The molecule has 3 aromatic heterocycles. The van der Waals surface area contributed by atoms with Gasteiger partial charge in [0.2, 0.25) is 5.91 Å². The second kappa shape index (κ2) is 12.2. The van der Waals surface area contributed by atoms with Crippen LogP contribution in [0, 0.1) is 24.6 Å². The highest BCUT2D eigenvalue weighted by Gasteiger charge is 2.34. The number of fused-ring (bicyclic) bond motifs is 1. The maximum atomic E-state index is 15.3. The number of hydrogen-bond donors (Lipinski definition) is 0. The third kappa shape index (κ3) is 5.46. The van der Waals surface area contributed by atoms with Crippen molar-refractivity contribution in [2.45, 2.75) is 59.5 Å². The molecular weight excluding hydrogens is 579 g/mol. The van der Waals surface area contributed by atoms with Crippen molar-refractivity contribution in [1.82, 2.24) is 24.4 Å². The summed E-state index contributed by atoms with van der Waals surface area (Å²) in [7, 11) is 0. The largest absolute Gasteiger partial charge is 0.355 e. The van der Waals surface area contributed by atoms with Gasteiger partial charge >= 0.3 is 5.69 Å². The van der Waals surface area contributed by atoms with Crippen LogP contribution in [0.15, 0.2) is 54.0 Å². The summed E-state index contributed by atoms with van der Waals surface area (Å²) in [5.41, 5.74) is 2.75. The molecule has 1 aromatic carbocycles. The van der Waals surface area contributed by atoms with Gasteiger partial charge in [-0.25, -0.2) is 18.7 Å². The number of halogens is 2. The summed E-state index contributed by atoms with van der Waals surface area (Å²) in [6.45, 7) is 16.0. The minimum atomic E-state index is -0.554. The Morgan fingerprint density at radius 3 is 2.59 bits per heavy atom. The average Bonchev–Trinajstić information content (AvgIpc) is 2.98. The van der Waals surface area contributed by atoms with Crippen molar-refractivity contribution in [2.75, 3.05) is 18.0 Å². The molecule has 8 nitrogen and oxygen atoms in total. The first-order valence-corrected chi connectivity index (χ1v) is 14.9. The van der Waals surface area contributed by atoms with Crippen molar-refractivity contribution in [1.29, 1.82) is 0 Å². The molecule has 1 saturated heterocycles. The van der Waals surface area contributed by atoms with Gasteiger partial charge < -0.3 is 9.80 Å². The van der Waals surface area contributed by atoms with Crippen LogP contribution in [-0.2, 0) is 4.79 Å². The molecule has 0 aliphatic carbocycles. The normalized spacial score (nSPS) is 16.7. The quantitative estimate of drug-likeness (QED) is 0.202. The van der Waals surface area contributed by atoms with Gasteiger partial charge in [-0.3, -0.25) is 9.78 Å². The average molecular weight is 613 g/mol. The summed E-state index contributed by atoms with van der Waals surface area (Å²) in [5.74, 6) is 5.48. The predicted molar refractivity (Wildman–Crippen MR) is 173 cm³/mol. The summed E-state index contributed by atoms with van der Waals surface area (Å²) in [6.07, 6.45) is 3.02. The van der Waals surface area contributed by atoms with Crippen molar-refractivity contribution in [3.63, 3.8) is 0 Å². The second-order valence-electron chi connectivity index (χ2n) is 11.4. The highest BCUT2D eigenvalue weighted by Crippen LogP contribution is 2.37. The zero-order valence-electron chi connectivity index (χ0n) is 25.7. The van der Waals surface area contributed by atoms with Crippen LogP contribution in [0.1, 0.15) is 57.4 Å². The number of nitrogens with zero attached hydrogens (tertiary/aromatic N) is 6. The summed E-state index contributed by atoms with van der Waals surface area (Å²) in [5, 5.41) is 0.711. The maximum Gasteiger partial charge on any atom is 0.355 e. The first kappa shape index (κ1) is 30.9. The van der Waals surface area contributed by atoms with E-state index >= 15 is 4.39 Å². The smallest absolute Gasteiger partial charge is 0.349 e. The first-order chi connectivity index (χ1) is 21.0. The van der Waals surface area contributed by atoms with E-state index in [0.29, 0.717) is 41.2 Å². The standard InChI is InChI=1S/C34H34ClFN6O2/c1-8-10-23-11-12-27(36)24(15-23)30-26(35)16-25-32(41-18-21(6)40(17-22(41)7)28(43)9-2)39-34(44)42(33(25)38-30)31-20(5)13-14-37-29(31)19(3)4/h9,11-16,19,21-22H,2,17-18H2,1,3-7H3/t21-,22+/m1/s1. The van der Waals surface area contributed by atoms with E-state index < -0.39 is 11.5 Å². The first-order valence-electron chi connectivity index (χ1n) is 14.5. The number of carbonyl (C=O) groups is 1. The van der Waals surface area contributed by atoms with Crippen LogP contribution < -0.4 is 10.6 Å². The number of benzene rings is 1. The molecule has 44 heavy (non-hydrogen) atoms. The zero-order valence-corrected chi connectivity index (χ0v) is 26.4. The third-order valence-electron chi connectivity index (χ3n) is 7.93. The fraction of sp³-hybridized carbons (Fsp3) is 0.324. The number of hydrogen-bond acceptors (Lipinski definition) is 6. The van der Waals surface area contributed by atoms with E-state index in [4.69, 9.17) is 16.6 Å². The molecule has 4 aromatic rings. The van der Waals surface area contributed by atoms with E-state index in [0.717, 1.165) is 5.56 Å². The summed E-state index contributed by atoms with van der Waals surface area (Å²) < 4.78 is 16.8. The number of amides is 1. The molecule has 0 bridgehead atoms. The lowest BCUT2D eigenvalue weighted by molar-refractivity contribution is -0.128. The van der Waals surface area contributed by atoms with Crippen LogP contribution in [-0.4, -0.2) is 55.5 Å². The number of rotatable bonds is 5. The van der Waals surface area contributed by atoms with E-state index in [1.54, 1.807) is 36.2 Å². The number of piperazine rings is 1. The Hall–Kier alpha value is -4.55. The molecule has 1 aliphatic rings. The minimum Gasteiger partial charge on any atom is -0.349 e. The van der Waals surface area contributed by atoms with Crippen molar-refractivity contribution >= 4 is 34.4 Å². The van der Waals surface area contributed by atoms with Crippen molar-refractivity contribution in [2.24, 2.45) is 0 Å². The van der Waals surface area contributed by atoms with Crippen LogP contribution in [0.25, 0.3) is 28.0 Å². The molecule has 0 N–H and O–H groups in total. The molecule has 0 saturated carbocycles. The van der Waals surface area contributed by atoms with Gasteiger partial charge in [0.05, 0.1) is 27.5 Å². The van der Waals surface area contributed by atoms with E-state index in [1.165, 1.54) is 16.7 Å². The molecule has 0 radical (unpaired) electrons. The van der Waals surface area contributed by atoms with Crippen molar-refractivity contribution in [3.05, 3.63) is 87.3 Å². The number of pyridine rings is 2. The lowest BCUT2D eigenvalue weighted by atomic mass is 10.0. The zero-order chi connectivity index (χ0) is 31.9. The Morgan fingerprint density at radius 1 is 1.16 bits per heavy atom. The summed E-state index contributed by atoms with van der Waals surface area (Å²) in [6, 6.07) is 7.68. The van der Waals surface area contributed by atoms with Crippen molar-refractivity contribution < 1.29 is 9.18 Å². The number of anilines is 1. The maximum absolute atomic E-state index is 15.3. The van der Waals surface area contributed by atoms with Gasteiger partial charge in [0, 0.05) is 42.5 Å². The molecule has 2 atom stereocenters. The lowest BCUT2D eigenvalue weighted by Crippen LogP contribution is -2.58. The van der Waals surface area contributed by atoms with Gasteiger partial charge in [0.15, 0.2) is 5.65 Å². The van der Waals surface area contributed by atoms with Gasteiger partial charge in [0.25, 0.3) is 0 Å². The van der Waals surface area contributed by atoms with E-state index in [2.05, 4.69) is 28.4 Å². The molecule has 0 unspecified atom stereocenters. The third-order valence-corrected chi connectivity index (χ3v) is 8.22. The number of aromatic nitrogens is 4. The summed E-state index contributed by atoms with van der Waals surface area (Å²) in [4.78, 5) is 44.5.